The van der Waals surface area contributed by atoms with Crippen molar-refractivity contribution in [3.05, 3.63) is 217 Å². The molecule has 7 rings (SSSR count). The summed E-state index contributed by atoms with van der Waals surface area (Å²) < 4.78 is 34.2. The van der Waals surface area contributed by atoms with Crippen molar-refractivity contribution in [2.75, 3.05) is 13.1 Å². The van der Waals surface area contributed by atoms with E-state index in [0.717, 1.165) is 12.8 Å². The number of nitrogens with zero attached hydrogens (tertiary/aromatic N) is 1. The Morgan fingerprint density at radius 2 is 0.793 bits per heavy atom. The molecule has 0 unspecified atom stereocenters. The molecule has 7 aromatic carbocycles. The third kappa shape index (κ3) is 15.7. The van der Waals surface area contributed by atoms with E-state index in [-0.39, 0.29) is 27.4 Å². The fourth-order valence-electron chi connectivity index (χ4n) is 5.28. The average Bonchev–Trinajstić information content (AvgIpc) is 3.25. The standard InChI is InChI=1S/2C18H15S.C7H6O3.C6H11F3N/c2*1-4-10-16(11-5-1)19(17-12-6-2-7-13-17)18-14-8-3-9-15-18;8-6-4-2-1-3-5(6)7(9)10;1-2-3-4-10-5-6(7,8)9/h2*1-15H;1-4,8H,(H,9,10);2-5H2,1H3/q2*+1;;-1/p-1. The normalized spacial score (nSPS) is 10.6. The summed E-state index contributed by atoms with van der Waals surface area (Å²) in [6.45, 7) is 1.26. The predicted molar refractivity (Wildman–Crippen MR) is 230 cm³/mol. The lowest BCUT2D eigenvalue weighted by atomic mass is 10.2. The highest BCUT2D eigenvalue weighted by Crippen LogP contribution is 2.31. The summed E-state index contributed by atoms with van der Waals surface area (Å²) >= 11 is 0. The smallest absolute Gasteiger partial charge is 0.371 e. The molecule has 0 amide bonds. The van der Waals surface area contributed by atoms with E-state index in [9.17, 15) is 23.1 Å². The molecule has 0 bridgehead atoms. The maximum Gasteiger partial charge on any atom is 0.371 e. The molecular formula is C49H46F3NO3S2. The first-order chi connectivity index (χ1) is 28.2. The molecule has 58 heavy (non-hydrogen) atoms. The van der Waals surface area contributed by atoms with Gasteiger partial charge in [-0.25, -0.2) is 4.79 Å². The minimum Gasteiger partial charge on any atom is -0.872 e. The second kappa shape index (κ2) is 24.8. The van der Waals surface area contributed by atoms with Crippen LogP contribution in [0.1, 0.15) is 30.1 Å². The van der Waals surface area contributed by atoms with E-state index in [1.54, 1.807) is 0 Å². The van der Waals surface area contributed by atoms with Crippen LogP contribution in [0.2, 0.25) is 0 Å². The van der Waals surface area contributed by atoms with Crippen LogP contribution >= 0.6 is 0 Å². The Kier molecular flexibility index (Phi) is 19.2. The molecule has 298 valence electrons. The fraction of sp³-hybridized carbons (Fsp3) is 0.122. The second-order valence-electron chi connectivity index (χ2n) is 12.4. The van der Waals surface area contributed by atoms with Gasteiger partial charge in [0.25, 0.3) is 0 Å². The van der Waals surface area contributed by atoms with Crippen molar-refractivity contribution in [3.63, 3.8) is 0 Å². The van der Waals surface area contributed by atoms with Gasteiger partial charge in [-0.1, -0.05) is 159 Å². The van der Waals surface area contributed by atoms with Crippen LogP contribution in [-0.4, -0.2) is 30.3 Å². The van der Waals surface area contributed by atoms with Crippen LogP contribution in [0.25, 0.3) is 5.32 Å². The van der Waals surface area contributed by atoms with Crippen LogP contribution in [0.3, 0.4) is 0 Å². The van der Waals surface area contributed by atoms with Crippen molar-refractivity contribution in [2.45, 2.75) is 55.3 Å². The summed E-state index contributed by atoms with van der Waals surface area (Å²) in [7, 11) is -0.0293. The van der Waals surface area contributed by atoms with Gasteiger partial charge in [-0.3, -0.25) is 0 Å². The molecule has 0 fully saturated rings. The third-order valence-electron chi connectivity index (χ3n) is 7.95. The van der Waals surface area contributed by atoms with Gasteiger partial charge in [-0.15, -0.1) is 6.54 Å². The van der Waals surface area contributed by atoms with Crippen molar-refractivity contribution >= 4 is 27.8 Å². The SMILES string of the molecule is CCCC[N-]CC(F)(F)F.O=C(O)c1ccccc1[O-].c1ccc([S+](c2ccccc2)c2ccccc2)cc1.c1ccc([S+](c2ccccc2)c2ccccc2)cc1. The highest BCUT2D eigenvalue weighted by Gasteiger charge is 2.28. The number of hydrogen-bond donors (Lipinski definition) is 1. The van der Waals surface area contributed by atoms with Crippen LogP contribution in [-0.2, 0) is 21.8 Å². The van der Waals surface area contributed by atoms with E-state index in [0.29, 0.717) is 6.54 Å². The largest absolute Gasteiger partial charge is 0.872 e. The van der Waals surface area contributed by atoms with E-state index in [1.807, 2.05) is 6.92 Å². The highest BCUT2D eigenvalue weighted by molar-refractivity contribution is 7.97. The molecule has 0 radical (unpaired) electrons. The quantitative estimate of drug-likeness (QED) is 0.104. The topological polar surface area (TPSA) is 74.5 Å². The molecular weight excluding hydrogens is 772 g/mol. The molecule has 0 aliphatic rings. The summed E-state index contributed by atoms with van der Waals surface area (Å²) in [5.74, 6) is -1.62. The first kappa shape index (κ1) is 45.0. The number of alkyl halides is 3. The molecule has 0 heterocycles. The zero-order chi connectivity index (χ0) is 41.4. The van der Waals surface area contributed by atoms with Crippen LogP contribution in [0, 0.1) is 0 Å². The van der Waals surface area contributed by atoms with Gasteiger partial charge in [0.2, 0.25) is 0 Å². The van der Waals surface area contributed by atoms with E-state index in [1.165, 1.54) is 53.6 Å². The molecule has 0 aromatic heterocycles. The molecule has 0 aliphatic carbocycles. The molecule has 9 heteroatoms. The van der Waals surface area contributed by atoms with Crippen molar-refractivity contribution in [1.82, 2.24) is 0 Å². The van der Waals surface area contributed by atoms with Crippen molar-refractivity contribution in [3.8, 4) is 5.75 Å². The number of hydrogen-bond acceptors (Lipinski definition) is 2. The summed E-state index contributed by atoms with van der Waals surface area (Å²) in [5, 5.41) is 22.4. The lowest BCUT2D eigenvalue weighted by Crippen LogP contribution is -2.13. The second-order valence-corrected chi connectivity index (χ2v) is 16.4. The lowest BCUT2D eigenvalue weighted by Gasteiger charge is -2.19. The number of carbonyl (C=O) groups is 1. The molecule has 0 aliphatic heterocycles. The zero-order valence-corrected chi connectivity index (χ0v) is 33.8. The minimum atomic E-state index is -4.12. The maximum atomic E-state index is 11.4. The number of para-hydroxylation sites is 1. The average molecular weight is 818 g/mol. The van der Waals surface area contributed by atoms with Gasteiger partial charge >= 0.3 is 12.1 Å². The van der Waals surface area contributed by atoms with Crippen LogP contribution in [0.5, 0.6) is 5.75 Å². The molecule has 0 atom stereocenters. The van der Waals surface area contributed by atoms with Gasteiger partial charge in [0, 0.05) is 0 Å². The molecule has 4 nitrogen and oxygen atoms in total. The number of carboxylic acid groups (broad SMARTS) is 1. The lowest BCUT2D eigenvalue weighted by molar-refractivity contribution is -0.268. The number of halogens is 3. The Labute approximate surface area is 345 Å². The molecule has 7 aromatic rings. The summed E-state index contributed by atoms with van der Waals surface area (Å²) in [6.07, 6.45) is -2.48. The van der Waals surface area contributed by atoms with E-state index in [2.05, 4.69) is 187 Å². The zero-order valence-electron chi connectivity index (χ0n) is 32.1. The molecule has 0 saturated heterocycles. The van der Waals surface area contributed by atoms with Crippen molar-refractivity contribution < 1.29 is 28.2 Å². The Morgan fingerprint density at radius 3 is 1.02 bits per heavy atom. The Hall–Kier alpha value is -5.74. The number of benzene rings is 7. The highest BCUT2D eigenvalue weighted by atomic mass is 32.2. The van der Waals surface area contributed by atoms with Crippen LogP contribution in [0.15, 0.2) is 236 Å². The predicted octanol–water partition coefficient (Wildman–Crippen LogP) is 12.7. The van der Waals surface area contributed by atoms with E-state index >= 15 is 0 Å². The number of carboxylic acids is 1. The summed E-state index contributed by atoms with van der Waals surface area (Å²) in [5.41, 5.74) is -0.178. The van der Waals surface area contributed by atoms with Gasteiger partial charge in [-0.05, 0) is 78.9 Å². The van der Waals surface area contributed by atoms with E-state index < -0.39 is 24.4 Å². The monoisotopic (exact) mass is 817 g/mol. The summed E-state index contributed by atoms with van der Waals surface area (Å²) in [4.78, 5) is 18.4. The number of rotatable bonds is 11. The van der Waals surface area contributed by atoms with Crippen molar-refractivity contribution in [2.24, 2.45) is 0 Å². The Morgan fingerprint density at radius 1 is 0.517 bits per heavy atom. The minimum absolute atomic E-state index is 0.0146. The first-order valence-electron chi connectivity index (χ1n) is 18.7. The molecule has 0 saturated carbocycles. The number of aromatic carboxylic acids is 1. The Balaban J connectivity index is 0.000000180. The van der Waals surface area contributed by atoms with E-state index in [4.69, 9.17) is 5.11 Å². The summed E-state index contributed by atoms with van der Waals surface area (Å²) in [6, 6.07) is 69.8. The van der Waals surface area contributed by atoms with Gasteiger partial charge in [-0.2, -0.15) is 13.2 Å². The maximum absolute atomic E-state index is 11.4. The van der Waals surface area contributed by atoms with Crippen LogP contribution < -0.4 is 5.11 Å². The van der Waals surface area contributed by atoms with Gasteiger partial charge in [0.15, 0.2) is 29.4 Å². The van der Waals surface area contributed by atoms with Crippen LogP contribution in [0.4, 0.5) is 13.2 Å². The Bertz CT molecular complexity index is 1840. The van der Waals surface area contributed by atoms with Crippen molar-refractivity contribution in [1.29, 1.82) is 0 Å². The number of unbranched alkanes of at least 4 members (excludes halogenated alkanes) is 1. The molecule has 0 spiro atoms. The first-order valence-corrected chi connectivity index (χ1v) is 21.1. The van der Waals surface area contributed by atoms with Gasteiger partial charge in [0.05, 0.1) is 27.4 Å². The van der Waals surface area contributed by atoms with Gasteiger partial charge in [0.1, 0.15) is 0 Å². The molecule has 1 N–H and O–H groups in total. The third-order valence-corrected chi connectivity index (χ3v) is 12.4. The fourth-order valence-corrected chi connectivity index (χ4v) is 9.48. The van der Waals surface area contributed by atoms with Gasteiger partial charge < -0.3 is 15.5 Å².